The summed E-state index contributed by atoms with van der Waals surface area (Å²) in [5, 5.41) is 12.1. The van der Waals surface area contributed by atoms with Gasteiger partial charge in [-0.15, -0.1) is 11.3 Å². The van der Waals surface area contributed by atoms with Crippen LogP contribution in [0.25, 0.3) is 0 Å². The lowest BCUT2D eigenvalue weighted by Gasteiger charge is -2.30. The van der Waals surface area contributed by atoms with Crippen LogP contribution in [0, 0.1) is 31.1 Å². The smallest absolute Gasteiger partial charge is 0.251 e. The van der Waals surface area contributed by atoms with Gasteiger partial charge in [-0.1, -0.05) is 0 Å². The Morgan fingerprint density at radius 1 is 1.39 bits per heavy atom. The summed E-state index contributed by atoms with van der Waals surface area (Å²) in [6.07, 6.45) is 2.06. The number of hydrogen-bond acceptors (Lipinski definition) is 5. The molecule has 2 amide bonds. The number of likely N-dealkylation sites (tertiary alicyclic amines) is 1. The summed E-state index contributed by atoms with van der Waals surface area (Å²) < 4.78 is 0. The molecule has 2 heterocycles. The number of anilines is 1. The summed E-state index contributed by atoms with van der Waals surface area (Å²) >= 11 is 1.39. The second-order valence-corrected chi connectivity index (χ2v) is 7.09. The van der Waals surface area contributed by atoms with E-state index in [4.69, 9.17) is 11.0 Å². The molecule has 1 saturated heterocycles. The van der Waals surface area contributed by atoms with Crippen molar-refractivity contribution in [2.45, 2.75) is 33.1 Å². The number of nitrogens with two attached hydrogens (primary N) is 1. The van der Waals surface area contributed by atoms with Crippen LogP contribution in [0.2, 0.25) is 0 Å². The normalized spacial score (nSPS) is 16.0. The third-order valence-corrected chi connectivity index (χ3v) is 5.49. The molecule has 0 saturated carbocycles. The monoisotopic (exact) mass is 334 g/mol. The number of piperidine rings is 1. The lowest BCUT2D eigenvalue weighted by molar-refractivity contribution is -0.121. The van der Waals surface area contributed by atoms with Gasteiger partial charge in [-0.05, 0) is 45.3 Å². The molecule has 0 atom stereocenters. The van der Waals surface area contributed by atoms with Crippen molar-refractivity contribution in [3.8, 4) is 6.07 Å². The highest BCUT2D eigenvalue weighted by Gasteiger charge is 2.27. The van der Waals surface area contributed by atoms with E-state index in [1.165, 1.54) is 11.3 Å². The van der Waals surface area contributed by atoms with Crippen molar-refractivity contribution in [3.05, 3.63) is 16.0 Å². The van der Waals surface area contributed by atoms with Crippen LogP contribution in [-0.2, 0) is 4.79 Å². The van der Waals surface area contributed by atoms with Gasteiger partial charge < -0.3 is 16.0 Å². The molecule has 1 aromatic heterocycles. The van der Waals surface area contributed by atoms with Gasteiger partial charge in [-0.25, -0.2) is 0 Å². The average Bonchev–Trinajstić information content (AvgIpc) is 2.80. The van der Waals surface area contributed by atoms with E-state index in [0.717, 1.165) is 42.9 Å². The van der Waals surface area contributed by atoms with E-state index in [9.17, 15) is 9.59 Å². The van der Waals surface area contributed by atoms with E-state index in [1.54, 1.807) is 0 Å². The van der Waals surface area contributed by atoms with E-state index in [1.807, 2.05) is 13.8 Å². The van der Waals surface area contributed by atoms with Crippen molar-refractivity contribution in [1.29, 1.82) is 5.26 Å². The topological polar surface area (TPSA) is 99.2 Å². The quantitative estimate of drug-likeness (QED) is 0.860. The molecule has 1 aliphatic rings. The molecule has 2 rings (SSSR count). The predicted molar refractivity (Wildman–Crippen MR) is 90.3 cm³/mol. The maximum absolute atomic E-state index is 12.5. The fourth-order valence-corrected chi connectivity index (χ4v) is 3.92. The number of rotatable bonds is 5. The third kappa shape index (κ3) is 4.09. The molecule has 23 heavy (non-hydrogen) atoms. The molecule has 0 aromatic carbocycles. The molecule has 7 heteroatoms. The Balaban J connectivity index is 1.97. The number of nitrogens with one attached hydrogen (secondary N) is 1. The van der Waals surface area contributed by atoms with Crippen LogP contribution in [0.5, 0.6) is 0 Å². The van der Waals surface area contributed by atoms with E-state index in [2.05, 4.69) is 16.3 Å². The first-order chi connectivity index (χ1) is 10.9. The SMILES string of the molecule is Cc1sc(NC(=O)C2CCN(CCC#N)CC2)c(C(N)=O)c1C. The number of nitriles is 1. The second-order valence-electron chi connectivity index (χ2n) is 5.86. The molecular weight excluding hydrogens is 312 g/mol. The Morgan fingerprint density at radius 2 is 2.04 bits per heavy atom. The van der Waals surface area contributed by atoms with Gasteiger partial charge in [0.15, 0.2) is 0 Å². The molecule has 1 aromatic rings. The maximum atomic E-state index is 12.5. The average molecular weight is 334 g/mol. The number of nitrogens with zero attached hydrogens (tertiary/aromatic N) is 2. The number of hydrogen-bond donors (Lipinski definition) is 2. The number of carbonyl (C=O) groups is 2. The fourth-order valence-electron chi connectivity index (χ4n) is 2.85. The standard InChI is InChI=1S/C16H22N4O2S/c1-10-11(2)23-16(13(10)14(18)21)19-15(22)12-4-8-20(9-5-12)7-3-6-17/h12H,3-5,7-9H2,1-2H3,(H2,18,21)(H,19,22). The number of carbonyl (C=O) groups excluding carboxylic acids is 2. The van der Waals surface area contributed by atoms with Gasteiger partial charge in [-0.2, -0.15) is 5.26 Å². The van der Waals surface area contributed by atoms with Crippen molar-refractivity contribution in [2.75, 3.05) is 25.0 Å². The Labute approximate surface area is 140 Å². The number of amides is 2. The molecule has 0 unspecified atom stereocenters. The van der Waals surface area contributed by atoms with E-state index in [0.29, 0.717) is 17.0 Å². The molecule has 1 fully saturated rings. The first kappa shape index (κ1) is 17.4. The number of aryl methyl sites for hydroxylation is 1. The van der Waals surface area contributed by atoms with Gasteiger partial charge >= 0.3 is 0 Å². The Kier molecular flexibility index (Phi) is 5.74. The zero-order chi connectivity index (χ0) is 17.0. The molecule has 6 nitrogen and oxygen atoms in total. The van der Waals surface area contributed by atoms with Crippen molar-refractivity contribution in [1.82, 2.24) is 4.90 Å². The summed E-state index contributed by atoms with van der Waals surface area (Å²) in [4.78, 5) is 27.3. The largest absolute Gasteiger partial charge is 0.365 e. The van der Waals surface area contributed by atoms with Gasteiger partial charge in [0, 0.05) is 23.8 Å². The summed E-state index contributed by atoms with van der Waals surface area (Å²) in [5.41, 5.74) is 6.69. The van der Waals surface area contributed by atoms with Gasteiger partial charge in [0.05, 0.1) is 11.6 Å². The summed E-state index contributed by atoms with van der Waals surface area (Å²) in [7, 11) is 0. The Hall–Kier alpha value is -1.91. The van der Waals surface area contributed by atoms with Gasteiger partial charge in [-0.3, -0.25) is 9.59 Å². The van der Waals surface area contributed by atoms with Gasteiger partial charge in [0.2, 0.25) is 5.91 Å². The highest BCUT2D eigenvalue weighted by molar-refractivity contribution is 7.16. The minimum absolute atomic E-state index is 0.0475. The van der Waals surface area contributed by atoms with Crippen molar-refractivity contribution < 1.29 is 9.59 Å². The fraction of sp³-hybridized carbons (Fsp3) is 0.562. The van der Waals surface area contributed by atoms with Gasteiger partial charge in [0.25, 0.3) is 5.91 Å². The lowest BCUT2D eigenvalue weighted by Crippen LogP contribution is -2.38. The summed E-state index contributed by atoms with van der Waals surface area (Å²) in [5.74, 6) is -0.612. The van der Waals surface area contributed by atoms with Crippen LogP contribution in [0.15, 0.2) is 0 Å². The summed E-state index contributed by atoms with van der Waals surface area (Å²) in [6.45, 7) is 6.17. The molecule has 0 bridgehead atoms. The Morgan fingerprint density at radius 3 is 2.61 bits per heavy atom. The lowest BCUT2D eigenvalue weighted by atomic mass is 9.96. The zero-order valence-corrected chi connectivity index (χ0v) is 14.3. The molecular formula is C16H22N4O2S. The van der Waals surface area contributed by atoms with Gasteiger partial charge in [0.1, 0.15) is 5.00 Å². The number of thiophene rings is 1. The molecule has 0 aliphatic carbocycles. The first-order valence-electron chi connectivity index (χ1n) is 7.74. The van der Waals surface area contributed by atoms with Crippen LogP contribution in [-0.4, -0.2) is 36.3 Å². The molecule has 1 aliphatic heterocycles. The van der Waals surface area contributed by atoms with Crippen LogP contribution in [0.1, 0.15) is 40.1 Å². The van der Waals surface area contributed by atoms with Crippen molar-refractivity contribution in [3.63, 3.8) is 0 Å². The molecule has 124 valence electrons. The van der Waals surface area contributed by atoms with E-state index in [-0.39, 0.29) is 11.8 Å². The molecule has 3 N–H and O–H groups in total. The zero-order valence-electron chi connectivity index (χ0n) is 13.5. The predicted octanol–water partition coefficient (Wildman–Crippen LogP) is 2.03. The van der Waals surface area contributed by atoms with Crippen LogP contribution in [0.3, 0.4) is 0 Å². The molecule has 0 radical (unpaired) electrons. The molecule has 0 spiro atoms. The van der Waals surface area contributed by atoms with E-state index >= 15 is 0 Å². The highest BCUT2D eigenvalue weighted by Crippen LogP contribution is 2.33. The number of primary amides is 1. The van der Waals surface area contributed by atoms with Crippen LogP contribution < -0.4 is 11.1 Å². The van der Waals surface area contributed by atoms with Crippen molar-refractivity contribution >= 4 is 28.2 Å². The highest BCUT2D eigenvalue weighted by atomic mass is 32.1. The maximum Gasteiger partial charge on any atom is 0.251 e. The van der Waals surface area contributed by atoms with Crippen LogP contribution in [0.4, 0.5) is 5.00 Å². The second kappa shape index (κ2) is 7.57. The summed E-state index contributed by atoms with van der Waals surface area (Å²) in [6, 6.07) is 2.14. The van der Waals surface area contributed by atoms with E-state index < -0.39 is 5.91 Å². The van der Waals surface area contributed by atoms with Crippen molar-refractivity contribution in [2.24, 2.45) is 11.7 Å². The first-order valence-corrected chi connectivity index (χ1v) is 8.55. The van der Waals surface area contributed by atoms with Crippen LogP contribution >= 0.6 is 11.3 Å². The Bertz CT molecular complexity index is 639. The minimum Gasteiger partial charge on any atom is -0.365 e. The minimum atomic E-state index is -0.506. The third-order valence-electron chi connectivity index (χ3n) is 4.37.